The first-order valence-corrected chi connectivity index (χ1v) is 21.0. The van der Waals surface area contributed by atoms with Crippen LogP contribution < -0.4 is 0 Å². The number of para-hydroxylation sites is 2. The molecule has 2 aliphatic rings. The number of aromatic nitrogens is 3. The predicted octanol–water partition coefficient (Wildman–Crippen LogP) is 14.0. The number of fused-ring (bicyclic) bond motifs is 14. The molecule has 11 aromatic rings. The molecule has 0 atom stereocenters. The Balaban J connectivity index is 1.10. The SMILES string of the molecule is c1ccc(-c2nc(-c3ccc(-n4c5ccccc5c5cc6c(cc54)C4(c5ccccc5Sc5ccccc54)c4ccccc4-6)c4ccccc34)nc3ccccc23)cc1. The molecular formula is C55H33N3S. The van der Waals surface area contributed by atoms with E-state index in [4.69, 9.17) is 9.97 Å². The van der Waals surface area contributed by atoms with Gasteiger partial charge in [0.05, 0.1) is 33.3 Å². The average molecular weight is 768 g/mol. The van der Waals surface area contributed by atoms with Crippen LogP contribution in [0.15, 0.2) is 210 Å². The lowest BCUT2D eigenvalue weighted by molar-refractivity contribution is 0.723. The molecule has 1 spiro atoms. The molecule has 1 aliphatic carbocycles. The first-order valence-electron chi connectivity index (χ1n) is 20.2. The number of nitrogens with zero attached hydrogens (tertiary/aromatic N) is 3. The molecule has 2 aromatic heterocycles. The van der Waals surface area contributed by atoms with E-state index >= 15 is 0 Å². The van der Waals surface area contributed by atoms with Crippen molar-refractivity contribution >= 4 is 55.2 Å². The van der Waals surface area contributed by atoms with Crippen molar-refractivity contribution in [3.8, 4) is 39.5 Å². The third kappa shape index (κ3) is 4.49. The molecule has 0 fully saturated rings. The summed E-state index contributed by atoms with van der Waals surface area (Å²) in [6.07, 6.45) is 0. The Kier molecular flexibility index (Phi) is 6.87. The fraction of sp³-hybridized carbons (Fsp3) is 0.0182. The topological polar surface area (TPSA) is 30.7 Å². The van der Waals surface area contributed by atoms with Crippen LogP contribution in [0.25, 0.3) is 82.9 Å². The number of rotatable bonds is 3. The van der Waals surface area contributed by atoms with Gasteiger partial charge in [-0.05, 0) is 87.3 Å². The zero-order valence-corrected chi connectivity index (χ0v) is 32.6. The number of benzene rings is 9. The molecule has 3 heterocycles. The quantitative estimate of drug-likeness (QED) is 0.179. The Hall–Kier alpha value is -7.27. The summed E-state index contributed by atoms with van der Waals surface area (Å²) in [6.45, 7) is 0. The van der Waals surface area contributed by atoms with E-state index in [1.54, 1.807) is 0 Å². The Morgan fingerprint density at radius 1 is 0.390 bits per heavy atom. The van der Waals surface area contributed by atoms with Crippen molar-refractivity contribution in [1.82, 2.24) is 14.5 Å². The van der Waals surface area contributed by atoms with E-state index in [-0.39, 0.29) is 0 Å². The summed E-state index contributed by atoms with van der Waals surface area (Å²) in [5.41, 5.74) is 15.0. The van der Waals surface area contributed by atoms with Crippen LogP contribution in [-0.2, 0) is 5.41 Å². The summed E-state index contributed by atoms with van der Waals surface area (Å²) >= 11 is 1.89. The molecule has 0 saturated carbocycles. The van der Waals surface area contributed by atoms with E-state index < -0.39 is 5.41 Å². The highest BCUT2D eigenvalue weighted by atomic mass is 32.2. The van der Waals surface area contributed by atoms with Crippen molar-refractivity contribution in [1.29, 1.82) is 0 Å². The second-order valence-corrected chi connectivity index (χ2v) is 16.7. The third-order valence-electron chi connectivity index (χ3n) is 12.7. The molecule has 0 saturated heterocycles. The molecule has 0 N–H and O–H groups in total. The maximum absolute atomic E-state index is 5.31. The maximum Gasteiger partial charge on any atom is 0.161 e. The van der Waals surface area contributed by atoms with Gasteiger partial charge in [-0.3, -0.25) is 0 Å². The normalized spacial score (nSPS) is 13.5. The lowest BCUT2D eigenvalue weighted by Gasteiger charge is -2.39. The van der Waals surface area contributed by atoms with Gasteiger partial charge in [0.2, 0.25) is 0 Å². The molecule has 1 aliphatic heterocycles. The monoisotopic (exact) mass is 767 g/mol. The molecule has 13 rings (SSSR count). The predicted molar refractivity (Wildman–Crippen MR) is 244 cm³/mol. The number of hydrogen-bond acceptors (Lipinski definition) is 3. The summed E-state index contributed by atoms with van der Waals surface area (Å²) in [5, 5.41) is 5.79. The van der Waals surface area contributed by atoms with Gasteiger partial charge in [0, 0.05) is 42.5 Å². The van der Waals surface area contributed by atoms with Gasteiger partial charge in [-0.25, -0.2) is 9.97 Å². The molecule has 9 aromatic carbocycles. The summed E-state index contributed by atoms with van der Waals surface area (Å²) in [5.74, 6) is 0.720. The van der Waals surface area contributed by atoms with Crippen molar-refractivity contribution in [2.24, 2.45) is 0 Å². The summed E-state index contributed by atoms with van der Waals surface area (Å²) in [7, 11) is 0. The van der Waals surface area contributed by atoms with Gasteiger partial charge in [0.25, 0.3) is 0 Å². The smallest absolute Gasteiger partial charge is 0.161 e. The second kappa shape index (κ2) is 12.4. The molecule has 0 radical (unpaired) electrons. The van der Waals surface area contributed by atoms with Crippen LogP contribution in [0.4, 0.5) is 0 Å². The van der Waals surface area contributed by atoms with E-state index in [9.17, 15) is 0 Å². The van der Waals surface area contributed by atoms with Crippen LogP contribution in [0.2, 0.25) is 0 Å². The Labute approximate surface area is 345 Å². The highest BCUT2D eigenvalue weighted by molar-refractivity contribution is 7.99. The van der Waals surface area contributed by atoms with Crippen LogP contribution in [0.3, 0.4) is 0 Å². The molecule has 0 amide bonds. The van der Waals surface area contributed by atoms with Crippen molar-refractivity contribution in [3.05, 3.63) is 222 Å². The fourth-order valence-electron chi connectivity index (χ4n) is 10.3. The van der Waals surface area contributed by atoms with Crippen molar-refractivity contribution < 1.29 is 0 Å². The molecule has 0 unspecified atom stereocenters. The van der Waals surface area contributed by atoms with E-state index in [1.807, 2.05) is 17.8 Å². The average Bonchev–Trinajstić information content (AvgIpc) is 3.77. The highest BCUT2D eigenvalue weighted by Gasteiger charge is 2.50. The van der Waals surface area contributed by atoms with Crippen LogP contribution in [-0.4, -0.2) is 14.5 Å². The van der Waals surface area contributed by atoms with Crippen molar-refractivity contribution in [2.45, 2.75) is 15.2 Å². The molecule has 274 valence electrons. The van der Waals surface area contributed by atoms with Crippen LogP contribution >= 0.6 is 11.8 Å². The Morgan fingerprint density at radius 3 is 1.81 bits per heavy atom. The Morgan fingerprint density at radius 2 is 1.02 bits per heavy atom. The first kappa shape index (κ1) is 32.8. The van der Waals surface area contributed by atoms with E-state index in [0.717, 1.165) is 50.0 Å². The summed E-state index contributed by atoms with van der Waals surface area (Å²) in [4.78, 5) is 13.1. The van der Waals surface area contributed by atoms with E-state index in [2.05, 4.69) is 199 Å². The zero-order chi connectivity index (χ0) is 38.7. The lowest BCUT2D eigenvalue weighted by atomic mass is 9.67. The van der Waals surface area contributed by atoms with Crippen LogP contribution in [0, 0.1) is 0 Å². The summed E-state index contributed by atoms with van der Waals surface area (Å²) in [6, 6.07) is 73.1. The zero-order valence-electron chi connectivity index (χ0n) is 31.8. The van der Waals surface area contributed by atoms with Gasteiger partial charge in [0.15, 0.2) is 5.82 Å². The van der Waals surface area contributed by atoms with Gasteiger partial charge in [-0.2, -0.15) is 0 Å². The molecule has 59 heavy (non-hydrogen) atoms. The standard InChI is InChI=1S/C55H33N3S/c1-2-16-34(17-3-1)53-40-22-7-12-26-47(40)56-54(57-53)39-30-31-49(37-20-5-4-18-35(37)39)58-48-27-13-8-21-38(48)42-32-41-36-19-6-9-23-43(36)55(46(41)33-50(42)58)44-24-10-14-28-51(44)59-52-29-15-11-25-45(52)55/h1-33H. The van der Waals surface area contributed by atoms with Gasteiger partial charge in [-0.1, -0.05) is 163 Å². The molecule has 4 heteroatoms. The van der Waals surface area contributed by atoms with E-state index in [0.29, 0.717) is 0 Å². The minimum Gasteiger partial charge on any atom is -0.309 e. The minimum atomic E-state index is -0.463. The first-order chi connectivity index (χ1) is 29.3. The van der Waals surface area contributed by atoms with Gasteiger partial charge >= 0.3 is 0 Å². The second-order valence-electron chi connectivity index (χ2n) is 15.6. The van der Waals surface area contributed by atoms with Gasteiger partial charge in [-0.15, -0.1) is 0 Å². The highest BCUT2D eigenvalue weighted by Crippen LogP contribution is 2.63. The summed E-state index contributed by atoms with van der Waals surface area (Å²) < 4.78 is 2.50. The fourth-order valence-corrected chi connectivity index (χ4v) is 11.5. The van der Waals surface area contributed by atoms with Crippen molar-refractivity contribution in [2.75, 3.05) is 0 Å². The van der Waals surface area contributed by atoms with Gasteiger partial charge < -0.3 is 4.57 Å². The van der Waals surface area contributed by atoms with Gasteiger partial charge in [0.1, 0.15) is 0 Å². The minimum absolute atomic E-state index is 0.463. The van der Waals surface area contributed by atoms with Crippen molar-refractivity contribution in [3.63, 3.8) is 0 Å². The Bertz CT molecular complexity index is 3500. The van der Waals surface area contributed by atoms with Crippen LogP contribution in [0.1, 0.15) is 22.3 Å². The lowest BCUT2D eigenvalue weighted by Crippen LogP contribution is -2.31. The third-order valence-corrected chi connectivity index (χ3v) is 13.8. The molecular weight excluding hydrogens is 735 g/mol. The largest absolute Gasteiger partial charge is 0.309 e. The molecule has 0 bridgehead atoms. The number of hydrogen-bond donors (Lipinski definition) is 0. The van der Waals surface area contributed by atoms with Crippen LogP contribution in [0.5, 0.6) is 0 Å². The van der Waals surface area contributed by atoms with E-state index in [1.165, 1.54) is 65.0 Å². The maximum atomic E-state index is 5.31. The molecule has 3 nitrogen and oxygen atoms in total.